The fraction of sp³-hybridized carbons (Fsp3) is 0.167. The maximum absolute atomic E-state index is 14.1. The predicted molar refractivity (Wildman–Crippen MR) is 89.8 cm³/mol. The van der Waals surface area contributed by atoms with Crippen LogP contribution >= 0.6 is 0 Å². The summed E-state index contributed by atoms with van der Waals surface area (Å²) in [6, 6.07) is 11.2. The number of imidazole rings is 1. The third kappa shape index (κ3) is 2.96. The first-order valence-electron chi connectivity index (χ1n) is 7.62. The Morgan fingerprint density at radius 2 is 1.96 bits per heavy atom. The molecule has 128 valence electrons. The summed E-state index contributed by atoms with van der Waals surface area (Å²) in [4.78, 5) is 31.0. The van der Waals surface area contributed by atoms with E-state index < -0.39 is 23.1 Å². The number of hydrogen-bond donors (Lipinski definition) is 3. The van der Waals surface area contributed by atoms with Crippen molar-refractivity contribution in [2.75, 3.05) is 6.54 Å². The van der Waals surface area contributed by atoms with E-state index in [4.69, 9.17) is 0 Å². The molecule has 3 aromatic rings. The van der Waals surface area contributed by atoms with E-state index in [1.807, 2.05) is 0 Å². The van der Waals surface area contributed by atoms with Gasteiger partial charge >= 0.3 is 5.97 Å². The molecule has 1 atom stereocenters. The van der Waals surface area contributed by atoms with E-state index in [0.717, 1.165) is 0 Å². The first-order valence-corrected chi connectivity index (χ1v) is 7.62. The summed E-state index contributed by atoms with van der Waals surface area (Å²) in [5.74, 6) is -2.51. The summed E-state index contributed by atoms with van der Waals surface area (Å²) >= 11 is 0. The summed E-state index contributed by atoms with van der Waals surface area (Å²) in [5, 5.41) is 12.1. The zero-order valence-electron chi connectivity index (χ0n) is 13.4. The minimum atomic E-state index is -1.34. The Morgan fingerprint density at radius 3 is 2.64 bits per heavy atom. The van der Waals surface area contributed by atoms with Crippen molar-refractivity contribution in [3.05, 3.63) is 65.7 Å². The molecular weight excluding hydrogens is 325 g/mol. The Morgan fingerprint density at radius 1 is 1.24 bits per heavy atom. The zero-order chi connectivity index (χ0) is 18.0. The molecule has 0 fully saturated rings. The maximum Gasteiger partial charge on any atom is 0.315 e. The summed E-state index contributed by atoms with van der Waals surface area (Å²) in [6.07, 6.45) is 1.37. The van der Waals surface area contributed by atoms with Crippen LogP contribution in [0.5, 0.6) is 0 Å². The van der Waals surface area contributed by atoms with E-state index in [9.17, 15) is 19.1 Å². The van der Waals surface area contributed by atoms with Gasteiger partial charge < -0.3 is 15.4 Å². The molecule has 1 aromatic heterocycles. The highest BCUT2D eigenvalue weighted by Crippen LogP contribution is 2.24. The lowest BCUT2D eigenvalue weighted by molar-refractivity contribution is -0.142. The molecule has 0 saturated carbocycles. The summed E-state index contributed by atoms with van der Waals surface area (Å²) < 4.78 is 14.1. The number of H-pyrrole nitrogens is 1. The van der Waals surface area contributed by atoms with Crippen LogP contribution in [0, 0.1) is 5.82 Å². The van der Waals surface area contributed by atoms with Gasteiger partial charge in [0.1, 0.15) is 22.3 Å². The van der Waals surface area contributed by atoms with Crippen molar-refractivity contribution in [1.82, 2.24) is 15.3 Å². The number of carboxylic acids is 1. The Bertz CT molecular complexity index is 939. The van der Waals surface area contributed by atoms with E-state index in [1.165, 1.54) is 25.4 Å². The van der Waals surface area contributed by atoms with Crippen LogP contribution in [0.2, 0.25) is 0 Å². The molecule has 7 heteroatoms. The minimum absolute atomic E-state index is 0.189. The lowest BCUT2D eigenvalue weighted by Gasteiger charge is -2.25. The molecule has 0 aliphatic heterocycles. The average Bonchev–Trinajstić information content (AvgIpc) is 3.08. The SMILES string of the molecule is CC(CNC(=O)c1c(F)ccc2[nH]cnc12)(C(=O)O)c1ccccc1. The topological polar surface area (TPSA) is 95.1 Å². The summed E-state index contributed by atoms with van der Waals surface area (Å²) in [5.41, 5.74) is -0.280. The molecule has 25 heavy (non-hydrogen) atoms. The van der Waals surface area contributed by atoms with Gasteiger partial charge in [-0.2, -0.15) is 0 Å². The average molecular weight is 341 g/mol. The molecular formula is C18H16FN3O3. The Hall–Kier alpha value is -3.22. The number of carboxylic acid groups (broad SMARTS) is 1. The molecule has 0 saturated heterocycles. The van der Waals surface area contributed by atoms with Crippen LogP contribution in [0.1, 0.15) is 22.8 Å². The second-order valence-electron chi connectivity index (χ2n) is 5.91. The molecule has 0 spiro atoms. The molecule has 3 rings (SSSR count). The molecule has 2 aromatic carbocycles. The molecule has 1 unspecified atom stereocenters. The molecule has 1 amide bonds. The fourth-order valence-electron chi connectivity index (χ4n) is 2.65. The number of carbonyl (C=O) groups is 2. The number of hydrogen-bond acceptors (Lipinski definition) is 3. The normalized spacial score (nSPS) is 13.4. The van der Waals surface area contributed by atoms with Crippen LogP contribution in [-0.2, 0) is 10.2 Å². The summed E-state index contributed by atoms with van der Waals surface area (Å²) in [6.45, 7) is 1.32. The number of aromatic amines is 1. The third-order valence-corrected chi connectivity index (χ3v) is 4.25. The van der Waals surface area contributed by atoms with Crippen LogP contribution in [0.3, 0.4) is 0 Å². The molecule has 0 bridgehead atoms. The first-order chi connectivity index (χ1) is 11.9. The Balaban J connectivity index is 1.89. The number of benzene rings is 2. The predicted octanol–water partition coefficient (Wildman–Crippen LogP) is 2.47. The number of rotatable bonds is 5. The standard InChI is InChI=1S/C18H16FN3O3/c1-18(17(24)25,11-5-3-2-4-6-11)9-20-16(23)14-12(19)7-8-13-15(14)22-10-21-13/h2-8,10H,9H2,1H3,(H,20,23)(H,21,22)(H,24,25). The molecule has 6 nitrogen and oxygen atoms in total. The number of amides is 1. The van der Waals surface area contributed by atoms with Crippen LogP contribution in [0.4, 0.5) is 4.39 Å². The van der Waals surface area contributed by atoms with Crippen LogP contribution in [0.15, 0.2) is 48.8 Å². The molecule has 0 aliphatic carbocycles. The van der Waals surface area contributed by atoms with Gasteiger partial charge in [0.2, 0.25) is 0 Å². The number of aliphatic carboxylic acids is 1. The zero-order valence-corrected chi connectivity index (χ0v) is 13.4. The number of nitrogens with zero attached hydrogens (tertiary/aromatic N) is 1. The van der Waals surface area contributed by atoms with Crippen molar-refractivity contribution in [2.24, 2.45) is 0 Å². The third-order valence-electron chi connectivity index (χ3n) is 4.25. The first kappa shape index (κ1) is 16.6. The highest BCUT2D eigenvalue weighted by Gasteiger charge is 2.36. The highest BCUT2D eigenvalue weighted by atomic mass is 19.1. The maximum atomic E-state index is 14.1. The van der Waals surface area contributed by atoms with E-state index >= 15 is 0 Å². The summed E-state index contributed by atoms with van der Waals surface area (Å²) in [7, 11) is 0. The van der Waals surface area contributed by atoms with Gasteiger partial charge in [-0.25, -0.2) is 9.37 Å². The van der Waals surface area contributed by atoms with E-state index in [2.05, 4.69) is 15.3 Å². The van der Waals surface area contributed by atoms with Crippen molar-refractivity contribution >= 4 is 22.9 Å². The lowest BCUT2D eigenvalue weighted by atomic mass is 9.82. The van der Waals surface area contributed by atoms with E-state index in [0.29, 0.717) is 11.1 Å². The number of aromatic nitrogens is 2. The van der Waals surface area contributed by atoms with Gasteiger partial charge in [0, 0.05) is 6.54 Å². The highest BCUT2D eigenvalue weighted by molar-refractivity contribution is 6.05. The van der Waals surface area contributed by atoms with Crippen molar-refractivity contribution in [2.45, 2.75) is 12.3 Å². The monoisotopic (exact) mass is 341 g/mol. The Kier molecular flexibility index (Phi) is 4.22. The van der Waals surface area contributed by atoms with Gasteiger partial charge in [0.05, 0.1) is 11.8 Å². The Labute approximate surface area is 142 Å². The smallest absolute Gasteiger partial charge is 0.315 e. The van der Waals surface area contributed by atoms with Gasteiger partial charge in [-0.1, -0.05) is 30.3 Å². The largest absolute Gasteiger partial charge is 0.481 e. The van der Waals surface area contributed by atoms with Crippen molar-refractivity contribution < 1.29 is 19.1 Å². The van der Waals surface area contributed by atoms with Gasteiger partial charge in [0.15, 0.2) is 0 Å². The van der Waals surface area contributed by atoms with Crippen LogP contribution in [-0.4, -0.2) is 33.5 Å². The van der Waals surface area contributed by atoms with Gasteiger partial charge in [-0.05, 0) is 24.6 Å². The second-order valence-corrected chi connectivity index (χ2v) is 5.91. The fourth-order valence-corrected chi connectivity index (χ4v) is 2.65. The van der Waals surface area contributed by atoms with Crippen LogP contribution < -0.4 is 5.32 Å². The van der Waals surface area contributed by atoms with Crippen molar-refractivity contribution in [3.8, 4) is 0 Å². The quantitative estimate of drug-likeness (QED) is 0.664. The van der Waals surface area contributed by atoms with E-state index in [-0.39, 0.29) is 17.6 Å². The van der Waals surface area contributed by atoms with Gasteiger partial charge in [0.25, 0.3) is 5.91 Å². The van der Waals surface area contributed by atoms with E-state index in [1.54, 1.807) is 30.3 Å². The van der Waals surface area contributed by atoms with Gasteiger partial charge in [-0.15, -0.1) is 0 Å². The van der Waals surface area contributed by atoms with Gasteiger partial charge in [-0.3, -0.25) is 9.59 Å². The van der Waals surface area contributed by atoms with Crippen molar-refractivity contribution in [3.63, 3.8) is 0 Å². The number of fused-ring (bicyclic) bond motifs is 1. The number of nitrogens with one attached hydrogen (secondary N) is 2. The van der Waals surface area contributed by atoms with Crippen LogP contribution in [0.25, 0.3) is 11.0 Å². The minimum Gasteiger partial charge on any atom is -0.481 e. The lowest BCUT2D eigenvalue weighted by Crippen LogP contribution is -2.44. The van der Waals surface area contributed by atoms with Crippen molar-refractivity contribution in [1.29, 1.82) is 0 Å². The number of halogens is 1. The molecule has 3 N–H and O–H groups in total. The molecule has 0 aliphatic rings. The molecule has 0 radical (unpaired) electrons. The molecule has 1 heterocycles. The second kappa shape index (κ2) is 6.35. The number of carbonyl (C=O) groups excluding carboxylic acids is 1.